The van der Waals surface area contributed by atoms with E-state index in [0.717, 1.165) is 33.6 Å². The largest absolute Gasteiger partial charge is 0.403 e. The zero-order valence-corrected chi connectivity index (χ0v) is 15.2. The van der Waals surface area contributed by atoms with E-state index in [0.29, 0.717) is 17.8 Å². The predicted octanol–water partition coefficient (Wildman–Crippen LogP) is 3.79. The van der Waals surface area contributed by atoms with Crippen molar-refractivity contribution in [1.82, 2.24) is 20.5 Å². The lowest BCUT2D eigenvalue weighted by atomic mass is 10.1. The summed E-state index contributed by atoms with van der Waals surface area (Å²) in [5, 5.41) is 15.6. The fourth-order valence-electron chi connectivity index (χ4n) is 3.16. The topological polar surface area (TPSA) is 91.1 Å². The number of hydrogen-bond acceptors (Lipinski definition) is 6. The summed E-state index contributed by atoms with van der Waals surface area (Å²) in [6, 6.07) is 6.70. The highest BCUT2D eigenvalue weighted by atomic mass is 16.4. The Kier molecular flexibility index (Phi) is 3.62. The molecule has 1 fully saturated rings. The fourth-order valence-corrected chi connectivity index (χ4v) is 3.16. The van der Waals surface area contributed by atoms with Gasteiger partial charge in [0.25, 0.3) is 0 Å². The summed E-state index contributed by atoms with van der Waals surface area (Å²) in [6.45, 7) is 4.05. The van der Waals surface area contributed by atoms with Gasteiger partial charge in [-0.25, -0.2) is 4.99 Å². The summed E-state index contributed by atoms with van der Waals surface area (Å²) in [5.74, 6) is 1.89. The van der Waals surface area contributed by atoms with Gasteiger partial charge in [0.05, 0.1) is 5.70 Å². The Morgan fingerprint density at radius 2 is 2.15 bits per heavy atom. The van der Waals surface area contributed by atoms with E-state index in [9.17, 15) is 0 Å². The van der Waals surface area contributed by atoms with E-state index >= 15 is 0 Å². The fraction of sp³-hybridized carbons (Fsp3) is 0.300. The number of H-pyrrole nitrogens is 1. The number of fused-ring (bicyclic) bond motifs is 1. The first-order chi connectivity index (χ1) is 13.2. The number of aromatic amines is 1. The van der Waals surface area contributed by atoms with Crippen LogP contribution in [0.4, 0.5) is 6.01 Å². The molecule has 0 radical (unpaired) electrons. The maximum absolute atomic E-state index is 5.74. The van der Waals surface area contributed by atoms with Crippen molar-refractivity contribution in [3.8, 4) is 11.5 Å². The maximum atomic E-state index is 5.74. The third-order valence-electron chi connectivity index (χ3n) is 4.65. The molecule has 1 aliphatic heterocycles. The molecule has 27 heavy (non-hydrogen) atoms. The minimum absolute atomic E-state index is 0.231. The second kappa shape index (κ2) is 6.14. The third kappa shape index (κ3) is 3.02. The number of hydrogen-bond donors (Lipinski definition) is 3. The average Bonchev–Trinajstić information content (AvgIpc) is 3.28. The molecule has 2 aromatic heterocycles. The molecule has 0 saturated heterocycles. The molecule has 3 aromatic rings. The molecule has 1 aliphatic carbocycles. The van der Waals surface area contributed by atoms with Gasteiger partial charge in [-0.1, -0.05) is 10.8 Å². The van der Waals surface area contributed by atoms with Crippen LogP contribution >= 0.6 is 0 Å². The van der Waals surface area contributed by atoms with Crippen molar-refractivity contribution in [2.45, 2.75) is 32.7 Å². The highest BCUT2D eigenvalue weighted by Gasteiger charge is 2.27. The van der Waals surface area contributed by atoms with Gasteiger partial charge in [0.1, 0.15) is 5.84 Å². The van der Waals surface area contributed by atoms with Gasteiger partial charge in [0, 0.05) is 46.4 Å². The van der Waals surface area contributed by atoms with Crippen LogP contribution in [0.5, 0.6) is 0 Å². The molecule has 0 atom stereocenters. The minimum Gasteiger partial charge on any atom is -0.403 e. The quantitative estimate of drug-likeness (QED) is 0.602. The Hall–Kier alpha value is -3.31. The normalized spacial score (nSPS) is 16.4. The van der Waals surface area contributed by atoms with E-state index in [1.807, 2.05) is 38.4 Å². The molecule has 7 heteroatoms. The van der Waals surface area contributed by atoms with Crippen LogP contribution in [0.1, 0.15) is 32.3 Å². The van der Waals surface area contributed by atoms with Crippen molar-refractivity contribution in [3.05, 3.63) is 47.6 Å². The van der Waals surface area contributed by atoms with Crippen molar-refractivity contribution >= 4 is 22.8 Å². The Morgan fingerprint density at radius 1 is 1.26 bits per heavy atom. The highest BCUT2D eigenvalue weighted by Crippen LogP contribution is 2.37. The number of aliphatic imine (C=N–C) groups is 1. The number of nitrogens with zero attached hydrogens (tertiary/aromatic N) is 3. The van der Waals surface area contributed by atoms with Gasteiger partial charge in [0.2, 0.25) is 5.89 Å². The Labute approximate surface area is 156 Å². The summed E-state index contributed by atoms with van der Waals surface area (Å²) in [4.78, 5) is 8.09. The van der Waals surface area contributed by atoms with Gasteiger partial charge in [0.15, 0.2) is 0 Å². The van der Waals surface area contributed by atoms with E-state index in [1.54, 1.807) is 0 Å². The summed E-state index contributed by atoms with van der Waals surface area (Å²) in [7, 11) is 0. The van der Waals surface area contributed by atoms with Crippen LogP contribution in [-0.2, 0) is 0 Å². The van der Waals surface area contributed by atoms with Gasteiger partial charge in [-0.2, -0.15) is 0 Å². The van der Waals surface area contributed by atoms with Gasteiger partial charge in [-0.05, 0) is 44.9 Å². The number of nitrogens with one attached hydrogen (secondary N) is 3. The molecule has 3 heterocycles. The van der Waals surface area contributed by atoms with Gasteiger partial charge in [-0.3, -0.25) is 0 Å². The zero-order chi connectivity index (χ0) is 18.4. The maximum Gasteiger partial charge on any atom is 0.315 e. The molecule has 2 aliphatic rings. The first-order valence-electron chi connectivity index (χ1n) is 9.19. The van der Waals surface area contributed by atoms with Crippen LogP contribution in [0.2, 0.25) is 0 Å². The molecule has 0 unspecified atom stereocenters. The lowest BCUT2D eigenvalue weighted by Gasteiger charge is -2.09. The molecule has 0 spiro atoms. The van der Waals surface area contributed by atoms with Crippen molar-refractivity contribution in [3.63, 3.8) is 0 Å². The highest BCUT2D eigenvalue weighted by molar-refractivity contribution is 6.11. The van der Waals surface area contributed by atoms with Crippen LogP contribution in [-0.4, -0.2) is 27.1 Å². The monoisotopic (exact) mass is 360 g/mol. The van der Waals surface area contributed by atoms with E-state index in [4.69, 9.17) is 9.41 Å². The Balaban J connectivity index is 1.51. The molecular formula is C20H20N6O. The summed E-state index contributed by atoms with van der Waals surface area (Å²) < 4.78 is 5.74. The van der Waals surface area contributed by atoms with Crippen LogP contribution < -0.4 is 10.6 Å². The SMILES string of the molecule is CC(C)Nc1nnc(-c2ccc3[nH]cc(C4=NC(C5CC5)=C=CN4)c3c2)o1. The number of anilines is 1. The number of benzene rings is 1. The Bertz CT molecular complexity index is 1110. The van der Waals surface area contributed by atoms with Gasteiger partial charge >= 0.3 is 6.01 Å². The van der Waals surface area contributed by atoms with Crippen LogP contribution in [0.3, 0.4) is 0 Å². The molecule has 0 bridgehead atoms. The van der Waals surface area contributed by atoms with Crippen LogP contribution in [0.25, 0.3) is 22.4 Å². The minimum atomic E-state index is 0.231. The van der Waals surface area contributed by atoms with E-state index in [1.165, 1.54) is 12.8 Å². The first-order valence-corrected chi connectivity index (χ1v) is 9.19. The van der Waals surface area contributed by atoms with Gasteiger partial charge < -0.3 is 20.0 Å². The molecule has 5 rings (SSSR count). The molecule has 1 saturated carbocycles. The van der Waals surface area contributed by atoms with Crippen molar-refractivity contribution in [2.75, 3.05) is 5.32 Å². The van der Waals surface area contributed by atoms with Gasteiger partial charge in [-0.15, -0.1) is 5.10 Å². The molecule has 7 nitrogen and oxygen atoms in total. The summed E-state index contributed by atoms with van der Waals surface area (Å²) >= 11 is 0. The lowest BCUT2D eigenvalue weighted by molar-refractivity contribution is 0.574. The Morgan fingerprint density at radius 3 is 2.96 bits per heavy atom. The average molecular weight is 360 g/mol. The molecule has 1 aromatic carbocycles. The third-order valence-corrected chi connectivity index (χ3v) is 4.65. The number of amidine groups is 1. The molecule has 136 valence electrons. The number of allylic oxidation sites excluding steroid dienone is 1. The lowest BCUT2D eigenvalue weighted by Crippen LogP contribution is -2.20. The molecule has 0 amide bonds. The van der Waals surface area contributed by atoms with Crippen molar-refractivity contribution in [2.24, 2.45) is 10.9 Å². The second-order valence-corrected chi connectivity index (χ2v) is 7.23. The second-order valence-electron chi connectivity index (χ2n) is 7.23. The number of rotatable bonds is 5. The summed E-state index contributed by atoms with van der Waals surface area (Å²) in [6.07, 6.45) is 6.23. The van der Waals surface area contributed by atoms with Crippen LogP contribution in [0.15, 0.2) is 51.4 Å². The van der Waals surface area contributed by atoms with E-state index in [2.05, 4.69) is 37.6 Å². The standard InChI is InChI=1S/C20H20N6O/c1-11(2)23-20-26-25-19(27-20)13-5-6-17-14(9-13)15(10-22-17)18-21-8-7-16(24-18)12-3-4-12/h5-6,8-12,22H,3-4H2,1-2H3,(H,21,24)(H,23,26). The zero-order valence-electron chi connectivity index (χ0n) is 15.2. The number of aromatic nitrogens is 3. The molecule has 3 N–H and O–H groups in total. The first kappa shape index (κ1) is 15.9. The van der Waals surface area contributed by atoms with Crippen molar-refractivity contribution in [1.29, 1.82) is 0 Å². The van der Waals surface area contributed by atoms with Crippen LogP contribution in [0, 0.1) is 5.92 Å². The molecular weight excluding hydrogens is 340 g/mol. The van der Waals surface area contributed by atoms with E-state index < -0.39 is 0 Å². The summed E-state index contributed by atoms with van der Waals surface area (Å²) in [5.41, 5.74) is 7.18. The van der Waals surface area contributed by atoms with E-state index in [-0.39, 0.29) is 6.04 Å². The smallest absolute Gasteiger partial charge is 0.315 e. The predicted molar refractivity (Wildman–Crippen MR) is 104 cm³/mol. The van der Waals surface area contributed by atoms with Crippen molar-refractivity contribution < 1.29 is 4.42 Å².